The molecule has 15 heavy (non-hydrogen) atoms. The Morgan fingerprint density at radius 3 is 2.67 bits per heavy atom. The molecule has 88 valence electrons. The molecule has 1 fully saturated rings. The minimum atomic E-state index is -3.01. The fourth-order valence-electron chi connectivity index (χ4n) is 1.85. The third kappa shape index (κ3) is 2.90. The molecule has 0 aromatic heterocycles. The highest BCUT2D eigenvalue weighted by Crippen LogP contribution is 2.14. The smallest absolute Gasteiger partial charge is 0.322 e. The van der Waals surface area contributed by atoms with Crippen molar-refractivity contribution < 1.29 is 18.3 Å². The van der Waals surface area contributed by atoms with E-state index in [-0.39, 0.29) is 30.6 Å². The molecule has 0 bridgehead atoms. The van der Waals surface area contributed by atoms with Crippen LogP contribution in [0.25, 0.3) is 0 Å². The highest BCUT2D eigenvalue weighted by molar-refractivity contribution is 7.91. The van der Waals surface area contributed by atoms with Crippen molar-refractivity contribution in [2.24, 2.45) is 5.73 Å². The van der Waals surface area contributed by atoms with Crippen molar-refractivity contribution in [3.63, 3.8) is 0 Å². The van der Waals surface area contributed by atoms with E-state index in [1.165, 1.54) is 0 Å². The monoisotopic (exact) mass is 236 g/mol. The lowest BCUT2D eigenvalue weighted by Gasteiger charge is -2.36. The summed E-state index contributed by atoms with van der Waals surface area (Å²) in [7, 11) is -3.01. The zero-order valence-corrected chi connectivity index (χ0v) is 9.40. The number of hydrogen-bond donors (Lipinski definition) is 2. The Kier molecular flexibility index (Phi) is 3.69. The van der Waals surface area contributed by atoms with Crippen LogP contribution in [0, 0.1) is 0 Å². The summed E-state index contributed by atoms with van der Waals surface area (Å²) in [6.45, 7) is 1.96. The van der Waals surface area contributed by atoms with Crippen LogP contribution in [0.3, 0.4) is 0 Å². The van der Waals surface area contributed by atoms with Crippen LogP contribution in [0.1, 0.15) is 6.92 Å². The largest absolute Gasteiger partial charge is 0.480 e. The van der Waals surface area contributed by atoms with Crippen molar-refractivity contribution in [1.29, 1.82) is 0 Å². The Morgan fingerprint density at radius 2 is 2.27 bits per heavy atom. The Balaban J connectivity index is 2.77. The van der Waals surface area contributed by atoms with Crippen LogP contribution in [0.4, 0.5) is 0 Å². The van der Waals surface area contributed by atoms with Gasteiger partial charge in [0.25, 0.3) is 0 Å². The standard InChI is InChI=1S/C8H16N2O4S/c1-6-5-15(13,14)3-2-10(6)7(4-9)8(11)12/h6-7H,2-5,9H2,1H3,(H,11,12). The molecule has 1 rings (SSSR count). The van der Waals surface area contributed by atoms with Crippen molar-refractivity contribution in [3.05, 3.63) is 0 Å². The lowest BCUT2D eigenvalue weighted by molar-refractivity contribution is -0.143. The maximum Gasteiger partial charge on any atom is 0.322 e. The number of carbonyl (C=O) groups is 1. The van der Waals surface area contributed by atoms with Crippen LogP contribution in [0.2, 0.25) is 0 Å². The van der Waals surface area contributed by atoms with Gasteiger partial charge in [0.1, 0.15) is 6.04 Å². The summed E-state index contributed by atoms with van der Waals surface area (Å²) in [5.74, 6) is -0.971. The zero-order valence-electron chi connectivity index (χ0n) is 8.59. The molecule has 0 aromatic rings. The van der Waals surface area contributed by atoms with Crippen molar-refractivity contribution in [2.45, 2.75) is 19.0 Å². The van der Waals surface area contributed by atoms with Gasteiger partial charge in [0.05, 0.1) is 11.5 Å². The van der Waals surface area contributed by atoms with Crippen molar-refractivity contribution >= 4 is 15.8 Å². The molecule has 0 spiro atoms. The van der Waals surface area contributed by atoms with Crippen molar-refractivity contribution in [2.75, 3.05) is 24.6 Å². The van der Waals surface area contributed by atoms with Crippen molar-refractivity contribution in [3.8, 4) is 0 Å². The van der Waals surface area contributed by atoms with Crippen molar-refractivity contribution in [1.82, 2.24) is 4.90 Å². The number of sulfone groups is 1. The number of hydrogen-bond acceptors (Lipinski definition) is 5. The molecular weight excluding hydrogens is 220 g/mol. The summed E-state index contributed by atoms with van der Waals surface area (Å²) >= 11 is 0. The Bertz CT molecular complexity index is 341. The second kappa shape index (κ2) is 4.46. The Labute approximate surface area is 89.0 Å². The van der Waals surface area contributed by atoms with Gasteiger partial charge >= 0.3 is 5.97 Å². The lowest BCUT2D eigenvalue weighted by atomic mass is 10.2. The number of rotatable bonds is 3. The van der Waals surface area contributed by atoms with Crippen LogP contribution in [-0.2, 0) is 14.6 Å². The Morgan fingerprint density at radius 1 is 1.67 bits per heavy atom. The zero-order chi connectivity index (χ0) is 11.6. The molecule has 1 aliphatic rings. The van der Waals surface area contributed by atoms with Gasteiger partial charge in [-0.1, -0.05) is 0 Å². The van der Waals surface area contributed by atoms with Gasteiger partial charge < -0.3 is 10.8 Å². The first-order valence-electron chi connectivity index (χ1n) is 4.76. The van der Waals surface area contributed by atoms with Gasteiger partial charge in [0, 0.05) is 19.1 Å². The topological polar surface area (TPSA) is 101 Å². The van der Waals surface area contributed by atoms with E-state index in [9.17, 15) is 13.2 Å². The number of aliphatic carboxylic acids is 1. The Hall–Kier alpha value is -0.660. The number of carboxylic acid groups (broad SMARTS) is 1. The molecule has 0 aliphatic carbocycles. The van der Waals surface area contributed by atoms with Gasteiger partial charge in [-0.05, 0) is 6.92 Å². The third-order valence-electron chi connectivity index (χ3n) is 2.63. The first-order chi connectivity index (χ1) is 6.87. The number of carboxylic acids is 1. The third-order valence-corrected chi connectivity index (χ3v) is 4.43. The van der Waals surface area contributed by atoms with E-state index in [4.69, 9.17) is 10.8 Å². The molecule has 2 atom stereocenters. The molecule has 7 heteroatoms. The summed E-state index contributed by atoms with van der Waals surface area (Å²) in [5, 5.41) is 8.90. The summed E-state index contributed by atoms with van der Waals surface area (Å²) in [5.41, 5.74) is 5.36. The summed E-state index contributed by atoms with van der Waals surface area (Å²) in [6.07, 6.45) is 0. The van der Waals surface area contributed by atoms with E-state index in [2.05, 4.69) is 0 Å². The predicted molar refractivity (Wildman–Crippen MR) is 55.3 cm³/mol. The van der Waals surface area contributed by atoms with E-state index in [0.717, 1.165) is 0 Å². The SMILES string of the molecule is CC1CS(=O)(=O)CCN1C(CN)C(=O)O. The van der Waals surface area contributed by atoms with Crippen LogP contribution >= 0.6 is 0 Å². The molecule has 1 aliphatic heterocycles. The molecule has 0 aromatic carbocycles. The molecule has 0 radical (unpaired) electrons. The van der Waals surface area contributed by atoms with E-state index in [1.807, 2.05) is 0 Å². The van der Waals surface area contributed by atoms with Gasteiger partial charge in [0.2, 0.25) is 0 Å². The first-order valence-corrected chi connectivity index (χ1v) is 6.58. The minimum absolute atomic E-state index is 0.000277. The van der Waals surface area contributed by atoms with Crippen LogP contribution < -0.4 is 5.73 Å². The van der Waals surface area contributed by atoms with E-state index in [0.29, 0.717) is 0 Å². The van der Waals surface area contributed by atoms with Gasteiger partial charge in [-0.25, -0.2) is 8.42 Å². The molecule has 6 nitrogen and oxygen atoms in total. The van der Waals surface area contributed by atoms with E-state index >= 15 is 0 Å². The van der Waals surface area contributed by atoms with Gasteiger partial charge in [0.15, 0.2) is 9.84 Å². The summed E-state index contributed by atoms with van der Waals surface area (Å²) < 4.78 is 22.6. The average molecular weight is 236 g/mol. The molecule has 0 amide bonds. The first kappa shape index (κ1) is 12.4. The highest BCUT2D eigenvalue weighted by Gasteiger charge is 2.35. The molecule has 0 saturated carbocycles. The molecule has 3 N–H and O–H groups in total. The van der Waals surface area contributed by atoms with Crippen LogP contribution in [0.15, 0.2) is 0 Å². The lowest BCUT2D eigenvalue weighted by Crippen LogP contribution is -2.56. The maximum atomic E-state index is 11.3. The van der Waals surface area contributed by atoms with Gasteiger partial charge in [-0.15, -0.1) is 0 Å². The summed E-state index contributed by atoms with van der Waals surface area (Å²) in [6, 6.07) is -1.07. The fourth-order valence-corrected chi connectivity index (χ4v) is 3.43. The number of nitrogens with two attached hydrogens (primary N) is 1. The van der Waals surface area contributed by atoms with E-state index in [1.54, 1.807) is 11.8 Å². The summed E-state index contributed by atoms with van der Waals surface area (Å²) in [4.78, 5) is 12.5. The van der Waals surface area contributed by atoms with E-state index < -0.39 is 21.8 Å². The molecule has 1 saturated heterocycles. The highest BCUT2D eigenvalue weighted by atomic mass is 32.2. The van der Waals surface area contributed by atoms with Crippen LogP contribution in [0.5, 0.6) is 0 Å². The van der Waals surface area contributed by atoms with Gasteiger partial charge in [-0.2, -0.15) is 0 Å². The molecule has 2 unspecified atom stereocenters. The average Bonchev–Trinajstić information content (AvgIpc) is 2.08. The second-order valence-electron chi connectivity index (χ2n) is 3.79. The minimum Gasteiger partial charge on any atom is -0.480 e. The normalized spacial score (nSPS) is 28.5. The molecular formula is C8H16N2O4S. The maximum absolute atomic E-state index is 11.3. The van der Waals surface area contributed by atoms with Crippen LogP contribution in [-0.4, -0.2) is 61.1 Å². The fraction of sp³-hybridized carbons (Fsp3) is 0.875. The van der Waals surface area contributed by atoms with Gasteiger partial charge in [-0.3, -0.25) is 9.69 Å². The molecule has 1 heterocycles. The number of nitrogens with zero attached hydrogens (tertiary/aromatic N) is 1. The second-order valence-corrected chi connectivity index (χ2v) is 6.02. The quantitative estimate of drug-likeness (QED) is 0.619. The predicted octanol–water partition coefficient (Wildman–Crippen LogP) is -1.48.